The second kappa shape index (κ2) is 10.4. The van der Waals surface area contributed by atoms with Crippen LogP contribution in [0.1, 0.15) is 47.1 Å². The summed E-state index contributed by atoms with van der Waals surface area (Å²) in [5.41, 5.74) is 0.0742. The first-order valence-corrected chi connectivity index (χ1v) is 13.1. The van der Waals surface area contributed by atoms with Crippen molar-refractivity contribution in [2.75, 3.05) is 6.61 Å². The molecule has 30 heavy (non-hydrogen) atoms. The molecular weight excluding hydrogens is 402 g/mol. The van der Waals surface area contributed by atoms with E-state index in [9.17, 15) is 14.7 Å². The molecule has 1 rings (SSSR count). The summed E-state index contributed by atoms with van der Waals surface area (Å²) in [4.78, 5) is 25.2. The van der Waals surface area contributed by atoms with Crippen molar-refractivity contribution in [1.29, 1.82) is 0 Å². The number of hydrogen-bond donors (Lipinski definition) is 2. The maximum atomic E-state index is 12.9. The fraction of sp³-hybridized carbons (Fsp3) is 0.636. The van der Waals surface area contributed by atoms with Gasteiger partial charge in [0, 0.05) is 0 Å². The van der Waals surface area contributed by atoms with E-state index < -0.39 is 44.7 Å². The summed E-state index contributed by atoms with van der Waals surface area (Å²) in [6.07, 6.45) is -1.73. The number of aliphatic hydroxyl groups is 1. The summed E-state index contributed by atoms with van der Waals surface area (Å²) in [6.45, 7) is 15.0. The Hall–Kier alpha value is -1.90. The predicted octanol–water partition coefficient (Wildman–Crippen LogP) is 4.01. The second-order valence-electron chi connectivity index (χ2n) is 9.82. The smallest absolute Gasteiger partial charge is 0.408 e. The van der Waals surface area contributed by atoms with E-state index in [1.807, 2.05) is 43.4 Å². The Labute approximate surface area is 181 Å². The number of alkyl carbamates (subject to hydrolysis) is 1. The van der Waals surface area contributed by atoms with Crippen molar-refractivity contribution in [3.63, 3.8) is 0 Å². The van der Waals surface area contributed by atoms with Crippen molar-refractivity contribution >= 4 is 20.4 Å². The van der Waals surface area contributed by atoms with Gasteiger partial charge >= 0.3 is 12.1 Å². The van der Waals surface area contributed by atoms with E-state index in [0.717, 1.165) is 5.56 Å². The molecule has 0 radical (unpaired) electrons. The molecule has 0 fully saturated rings. The largest absolute Gasteiger partial charge is 0.459 e. The number of hydrogen-bond acceptors (Lipinski definition) is 6. The third kappa shape index (κ3) is 8.45. The third-order valence-electron chi connectivity index (χ3n) is 4.95. The molecule has 0 saturated carbocycles. The molecule has 0 aliphatic rings. The van der Waals surface area contributed by atoms with Gasteiger partial charge in [0.25, 0.3) is 0 Å². The van der Waals surface area contributed by atoms with Crippen LogP contribution in [0.15, 0.2) is 30.3 Å². The van der Waals surface area contributed by atoms with Gasteiger partial charge in [-0.2, -0.15) is 0 Å². The van der Waals surface area contributed by atoms with E-state index in [2.05, 4.69) is 26.1 Å². The molecule has 2 N–H and O–H groups in total. The van der Waals surface area contributed by atoms with E-state index in [-0.39, 0.29) is 11.6 Å². The summed E-state index contributed by atoms with van der Waals surface area (Å²) in [5, 5.41) is 12.4. The van der Waals surface area contributed by atoms with Crippen LogP contribution in [0.2, 0.25) is 18.1 Å². The summed E-state index contributed by atoms with van der Waals surface area (Å²) in [5.74, 6) is -0.692. The molecule has 0 aromatic heterocycles. The molecule has 0 saturated heterocycles. The molecule has 170 valence electrons. The highest BCUT2D eigenvalue weighted by molar-refractivity contribution is 6.74. The topological polar surface area (TPSA) is 94.1 Å². The zero-order chi connectivity index (χ0) is 23.2. The molecule has 1 aromatic carbocycles. The van der Waals surface area contributed by atoms with Gasteiger partial charge in [-0.05, 0) is 44.5 Å². The number of carbonyl (C=O) groups excluding carboxylic acids is 2. The van der Waals surface area contributed by atoms with Gasteiger partial charge in [-0.3, -0.25) is 0 Å². The van der Waals surface area contributed by atoms with E-state index in [1.54, 1.807) is 20.8 Å². The minimum absolute atomic E-state index is 0.0460. The van der Waals surface area contributed by atoms with Gasteiger partial charge in [-0.25, -0.2) is 9.59 Å². The molecule has 0 aliphatic carbocycles. The van der Waals surface area contributed by atoms with Gasteiger partial charge in [0.05, 0.1) is 12.7 Å². The van der Waals surface area contributed by atoms with Gasteiger partial charge in [0.1, 0.15) is 12.2 Å². The van der Waals surface area contributed by atoms with Crippen molar-refractivity contribution in [3.8, 4) is 0 Å². The van der Waals surface area contributed by atoms with Gasteiger partial charge in [-0.15, -0.1) is 0 Å². The first-order chi connectivity index (χ1) is 13.7. The number of aliphatic hydroxyl groups excluding tert-OH is 1. The van der Waals surface area contributed by atoms with E-state index in [1.165, 1.54) is 0 Å². The van der Waals surface area contributed by atoms with Crippen molar-refractivity contribution in [2.45, 2.75) is 84.0 Å². The van der Waals surface area contributed by atoms with E-state index in [0.29, 0.717) is 0 Å². The Morgan fingerprint density at radius 2 is 1.63 bits per heavy atom. The Kier molecular flexibility index (Phi) is 9.07. The van der Waals surface area contributed by atoms with Crippen molar-refractivity contribution in [3.05, 3.63) is 35.9 Å². The van der Waals surface area contributed by atoms with Crippen LogP contribution in [-0.2, 0) is 25.3 Å². The Bertz CT molecular complexity index is 694. The van der Waals surface area contributed by atoms with Crippen LogP contribution in [0.4, 0.5) is 4.79 Å². The lowest BCUT2D eigenvalue weighted by atomic mass is 10.1. The number of nitrogens with one attached hydrogen (secondary N) is 1. The number of esters is 1. The zero-order valence-electron chi connectivity index (χ0n) is 19.4. The molecule has 2 atom stereocenters. The highest BCUT2D eigenvalue weighted by Crippen LogP contribution is 2.37. The highest BCUT2D eigenvalue weighted by Gasteiger charge is 2.43. The fourth-order valence-corrected chi connectivity index (χ4v) is 3.64. The fourth-order valence-electron chi connectivity index (χ4n) is 2.32. The van der Waals surface area contributed by atoms with Crippen LogP contribution in [0, 0.1) is 0 Å². The molecule has 0 bridgehead atoms. The average molecular weight is 440 g/mol. The molecule has 8 heteroatoms. The molecule has 0 spiro atoms. The summed E-state index contributed by atoms with van der Waals surface area (Å²) in [6, 6.07) is 8.02. The van der Waals surface area contributed by atoms with E-state index in [4.69, 9.17) is 13.9 Å². The Balaban J connectivity index is 3.04. The minimum atomic E-state index is -2.34. The van der Waals surface area contributed by atoms with Gasteiger partial charge in [-0.1, -0.05) is 51.1 Å². The molecule has 0 unspecified atom stereocenters. The quantitative estimate of drug-likeness (QED) is 0.470. The van der Waals surface area contributed by atoms with Crippen LogP contribution in [0.5, 0.6) is 0 Å². The van der Waals surface area contributed by atoms with Crippen LogP contribution in [0.3, 0.4) is 0 Å². The summed E-state index contributed by atoms with van der Waals surface area (Å²) < 4.78 is 16.9. The third-order valence-corrected chi connectivity index (χ3v) is 9.46. The lowest BCUT2D eigenvalue weighted by Gasteiger charge is -2.40. The first-order valence-electron chi connectivity index (χ1n) is 10.1. The minimum Gasteiger partial charge on any atom is -0.459 e. The SMILES string of the molecule is CC(C)(C)OC(=O)N[C@H](C(=O)OCc1ccccc1)[C@H](CO)O[Si](C)(C)C(C)(C)C. The van der Waals surface area contributed by atoms with Gasteiger partial charge in [0.15, 0.2) is 14.4 Å². The molecular formula is C22H37NO6Si. The molecule has 1 aromatic rings. The Morgan fingerprint density at radius 1 is 1.07 bits per heavy atom. The zero-order valence-corrected chi connectivity index (χ0v) is 20.4. The van der Waals surface area contributed by atoms with Crippen LogP contribution in [-0.4, -0.2) is 49.8 Å². The number of rotatable bonds is 8. The maximum absolute atomic E-state index is 12.9. The molecule has 0 heterocycles. The van der Waals surface area contributed by atoms with Crippen molar-refractivity contribution in [1.82, 2.24) is 5.32 Å². The monoisotopic (exact) mass is 439 g/mol. The number of ether oxygens (including phenoxy) is 2. The lowest BCUT2D eigenvalue weighted by molar-refractivity contribution is -0.151. The summed E-state index contributed by atoms with van der Waals surface area (Å²) in [7, 11) is -2.34. The lowest BCUT2D eigenvalue weighted by Crippen LogP contribution is -2.57. The number of benzene rings is 1. The van der Waals surface area contributed by atoms with Crippen LogP contribution in [0.25, 0.3) is 0 Å². The van der Waals surface area contributed by atoms with Crippen molar-refractivity contribution in [2.24, 2.45) is 0 Å². The van der Waals surface area contributed by atoms with E-state index >= 15 is 0 Å². The molecule has 1 amide bonds. The van der Waals surface area contributed by atoms with Crippen molar-refractivity contribution < 1.29 is 28.6 Å². The standard InChI is InChI=1S/C22H37NO6Si/c1-21(2,3)28-20(26)23-18(17(14-24)29-30(7,8)22(4,5)6)19(25)27-15-16-12-10-9-11-13-16/h9-13,17-18,24H,14-15H2,1-8H3,(H,23,26)/t17-,18-/m0/s1. The predicted molar refractivity (Wildman–Crippen MR) is 119 cm³/mol. The molecule has 0 aliphatic heterocycles. The second-order valence-corrected chi connectivity index (χ2v) is 14.6. The van der Waals surface area contributed by atoms with Crippen LogP contribution >= 0.6 is 0 Å². The number of amides is 1. The van der Waals surface area contributed by atoms with Gasteiger partial charge in [0.2, 0.25) is 0 Å². The normalized spacial score (nSPS) is 14.6. The average Bonchev–Trinajstić information content (AvgIpc) is 2.61. The van der Waals surface area contributed by atoms with Crippen LogP contribution < -0.4 is 5.32 Å². The summed E-state index contributed by atoms with van der Waals surface area (Å²) >= 11 is 0. The Morgan fingerprint density at radius 3 is 2.10 bits per heavy atom. The highest BCUT2D eigenvalue weighted by atomic mass is 28.4. The van der Waals surface area contributed by atoms with Gasteiger partial charge < -0.3 is 24.3 Å². The maximum Gasteiger partial charge on any atom is 0.408 e. The first kappa shape index (κ1) is 26.1. The number of carbonyl (C=O) groups is 2. The molecule has 7 nitrogen and oxygen atoms in total.